The van der Waals surface area contributed by atoms with Gasteiger partial charge >= 0.3 is 6.18 Å². The van der Waals surface area contributed by atoms with Crippen LogP contribution in [0.4, 0.5) is 18.9 Å². The van der Waals surface area contributed by atoms with Gasteiger partial charge < -0.3 is 5.32 Å². The Morgan fingerprint density at radius 3 is 2.42 bits per heavy atom. The summed E-state index contributed by atoms with van der Waals surface area (Å²) in [6, 6.07) is 21.0. The van der Waals surface area contributed by atoms with Crippen LogP contribution >= 0.6 is 11.8 Å². The molecule has 0 aliphatic rings. The molecule has 8 heteroatoms. The predicted octanol–water partition coefficient (Wildman–Crippen LogP) is 6.12. The van der Waals surface area contributed by atoms with E-state index in [0.29, 0.717) is 10.6 Å². The highest BCUT2D eigenvalue weighted by atomic mass is 32.2. The molecule has 0 aliphatic heterocycles. The number of carbonyl (C=O) groups excluding carboxylic acids is 1. The smallest absolute Gasteiger partial charge is 0.325 e. The van der Waals surface area contributed by atoms with E-state index in [9.17, 15) is 18.0 Å². The maximum Gasteiger partial charge on any atom is 0.416 e. The molecule has 0 radical (unpaired) electrons. The second-order valence-electron chi connectivity index (χ2n) is 6.67. The molecule has 4 rings (SSSR count). The topological polar surface area (TPSA) is 54.9 Å². The number of rotatable bonds is 5. The van der Waals surface area contributed by atoms with Crippen LogP contribution in [0, 0.1) is 0 Å². The fraction of sp³-hybridized carbons (Fsp3) is 0.0870. The number of benzene rings is 3. The van der Waals surface area contributed by atoms with Gasteiger partial charge in [0, 0.05) is 11.1 Å². The molecule has 1 amide bonds. The number of nitrogens with zero attached hydrogens (tertiary/aromatic N) is 2. The Hall–Kier alpha value is -3.39. The molecule has 0 aliphatic carbocycles. The van der Waals surface area contributed by atoms with Gasteiger partial charge in [-0.15, -0.1) is 0 Å². The van der Waals surface area contributed by atoms with Gasteiger partial charge in [0.25, 0.3) is 0 Å². The van der Waals surface area contributed by atoms with Crippen LogP contribution in [0.2, 0.25) is 0 Å². The second-order valence-corrected chi connectivity index (χ2v) is 7.77. The summed E-state index contributed by atoms with van der Waals surface area (Å²) in [4.78, 5) is 21.7. The Morgan fingerprint density at radius 1 is 0.903 bits per heavy atom. The Morgan fingerprint density at radius 2 is 1.65 bits per heavy atom. The third-order valence-corrected chi connectivity index (χ3v) is 5.80. The van der Waals surface area contributed by atoms with E-state index < -0.39 is 22.9 Å². The molecule has 0 bridgehead atoms. The molecular formula is C23H16F3N3OS. The van der Waals surface area contributed by atoms with Crippen molar-refractivity contribution in [1.82, 2.24) is 9.97 Å². The average molecular weight is 439 g/mol. The van der Waals surface area contributed by atoms with Crippen LogP contribution < -0.4 is 5.32 Å². The van der Waals surface area contributed by atoms with Crippen LogP contribution in [0.5, 0.6) is 0 Å². The lowest BCUT2D eigenvalue weighted by Gasteiger charge is -2.18. The van der Waals surface area contributed by atoms with Crippen molar-refractivity contribution in [2.24, 2.45) is 0 Å². The van der Waals surface area contributed by atoms with Crippen molar-refractivity contribution in [3.63, 3.8) is 0 Å². The molecule has 1 heterocycles. The number of thioether (sulfide) groups is 1. The second kappa shape index (κ2) is 8.77. The van der Waals surface area contributed by atoms with Gasteiger partial charge in [-0.25, -0.2) is 9.97 Å². The van der Waals surface area contributed by atoms with E-state index in [4.69, 9.17) is 0 Å². The largest absolute Gasteiger partial charge is 0.416 e. The van der Waals surface area contributed by atoms with Crippen molar-refractivity contribution in [1.29, 1.82) is 0 Å². The third-order valence-electron chi connectivity index (χ3n) is 4.53. The maximum atomic E-state index is 13.2. The number of anilines is 1. The lowest BCUT2D eigenvalue weighted by molar-refractivity contribution is -0.137. The van der Waals surface area contributed by atoms with Gasteiger partial charge in [0.2, 0.25) is 5.91 Å². The highest BCUT2D eigenvalue weighted by Gasteiger charge is 2.31. The van der Waals surface area contributed by atoms with Gasteiger partial charge in [-0.05, 0) is 29.8 Å². The number of fused-ring (bicyclic) bond motifs is 1. The number of para-hydroxylation sites is 1. The van der Waals surface area contributed by atoms with Crippen molar-refractivity contribution in [2.75, 3.05) is 5.32 Å². The normalized spacial score (nSPS) is 12.5. The summed E-state index contributed by atoms with van der Waals surface area (Å²) in [6.07, 6.45) is -3.06. The van der Waals surface area contributed by atoms with Gasteiger partial charge in [0.15, 0.2) is 0 Å². The maximum absolute atomic E-state index is 13.2. The van der Waals surface area contributed by atoms with E-state index in [2.05, 4.69) is 15.3 Å². The van der Waals surface area contributed by atoms with E-state index in [0.717, 1.165) is 23.0 Å². The monoisotopic (exact) mass is 439 g/mol. The number of nitrogens with one attached hydrogen (secondary N) is 1. The number of alkyl halides is 3. The predicted molar refractivity (Wildman–Crippen MR) is 115 cm³/mol. The highest BCUT2D eigenvalue weighted by Crippen LogP contribution is 2.38. The van der Waals surface area contributed by atoms with Gasteiger partial charge in [-0.2, -0.15) is 13.2 Å². The highest BCUT2D eigenvalue weighted by molar-refractivity contribution is 8.00. The first-order valence-electron chi connectivity index (χ1n) is 9.31. The first-order valence-corrected chi connectivity index (χ1v) is 10.2. The summed E-state index contributed by atoms with van der Waals surface area (Å²) >= 11 is 1.22. The molecule has 0 spiro atoms. The van der Waals surface area contributed by atoms with Gasteiger partial charge in [0.05, 0.1) is 11.1 Å². The summed E-state index contributed by atoms with van der Waals surface area (Å²) in [5, 5.41) is 3.29. The summed E-state index contributed by atoms with van der Waals surface area (Å²) in [7, 11) is 0. The molecule has 0 unspecified atom stereocenters. The van der Waals surface area contributed by atoms with Crippen LogP contribution in [-0.4, -0.2) is 15.9 Å². The summed E-state index contributed by atoms with van der Waals surface area (Å²) in [5.41, 5.74) is 0.703. The van der Waals surface area contributed by atoms with E-state index in [1.54, 1.807) is 24.3 Å². The molecule has 4 aromatic rings. The zero-order valence-electron chi connectivity index (χ0n) is 16.0. The minimum Gasteiger partial charge on any atom is -0.325 e. The fourth-order valence-corrected chi connectivity index (χ4v) is 4.16. The average Bonchev–Trinajstić information content (AvgIpc) is 2.77. The zero-order chi connectivity index (χ0) is 21.8. The Kier molecular flexibility index (Phi) is 5.90. The SMILES string of the molecule is O=C(Nc1cccc(C(F)(F)F)c1)[C@H](Sc1ncnc2ccccc12)c1ccccc1. The summed E-state index contributed by atoms with van der Waals surface area (Å²) in [6.45, 7) is 0. The number of halogens is 3. The van der Waals surface area contributed by atoms with Crippen LogP contribution in [0.1, 0.15) is 16.4 Å². The van der Waals surface area contributed by atoms with Crippen LogP contribution in [-0.2, 0) is 11.0 Å². The zero-order valence-corrected chi connectivity index (χ0v) is 16.8. The van der Waals surface area contributed by atoms with Crippen LogP contribution in [0.25, 0.3) is 10.9 Å². The van der Waals surface area contributed by atoms with Crippen molar-refractivity contribution in [3.8, 4) is 0 Å². The standard InChI is InChI=1S/C23H16F3N3OS/c24-23(25,26)16-9-6-10-17(13-16)29-21(30)20(15-7-2-1-3-8-15)31-22-18-11-4-5-12-19(18)27-14-28-22/h1-14,20H,(H,29,30)/t20-/m1/s1. The minimum atomic E-state index is -4.49. The molecule has 1 N–H and O–H groups in total. The van der Waals surface area contributed by atoms with Gasteiger partial charge in [-0.1, -0.05) is 66.4 Å². The van der Waals surface area contributed by atoms with Crippen LogP contribution in [0.3, 0.4) is 0 Å². The molecule has 156 valence electrons. The molecule has 0 fully saturated rings. The summed E-state index contributed by atoms with van der Waals surface area (Å²) in [5.74, 6) is -0.446. The quantitative estimate of drug-likeness (QED) is 0.301. The summed E-state index contributed by atoms with van der Waals surface area (Å²) < 4.78 is 39.1. The van der Waals surface area contributed by atoms with Crippen molar-refractivity contribution in [3.05, 3.63) is 96.3 Å². The molecule has 0 saturated heterocycles. The molecule has 0 saturated carbocycles. The lowest BCUT2D eigenvalue weighted by atomic mass is 10.1. The first kappa shape index (κ1) is 20.9. The van der Waals surface area contributed by atoms with E-state index in [1.165, 1.54) is 30.2 Å². The minimum absolute atomic E-state index is 0.0777. The third kappa shape index (κ3) is 4.86. The molecule has 31 heavy (non-hydrogen) atoms. The van der Waals surface area contributed by atoms with Crippen molar-refractivity contribution >= 4 is 34.3 Å². The Bertz CT molecular complexity index is 1210. The number of hydrogen-bond acceptors (Lipinski definition) is 4. The Labute approximate surface area is 180 Å². The molecule has 1 aromatic heterocycles. The number of amides is 1. The van der Waals surface area contributed by atoms with E-state index in [1.807, 2.05) is 30.3 Å². The van der Waals surface area contributed by atoms with Crippen molar-refractivity contribution < 1.29 is 18.0 Å². The van der Waals surface area contributed by atoms with E-state index in [-0.39, 0.29) is 5.69 Å². The van der Waals surface area contributed by atoms with E-state index >= 15 is 0 Å². The first-order chi connectivity index (χ1) is 14.9. The lowest BCUT2D eigenvalue weighted by Crippen LogP contribution is -2.19. The Balaban J connectivity index is 1.67. The molecule has 4 nitrogen and oxygen atoms in total. The number of aromatic nitrogens is 2. The fourth-order valence-electron chi connectivity index (χ4n) is 3.07. The van der Waals surface area contributed by atoms with Crippen LogP contribution in [0.15, 0.2) is 90.2 Å². The number of carbonyl (C=O) groups is 1. The van der Waals surface area contributed by atoms with Gasteiger partial charge in [-0.3, -0.25) is 4.79 Å². The van der Waals surface area contributed by atoms with Gasteiger partial charge in [0.1, 0.15) is 16.6 Å². The number of hydrogen-bond donors (Lipinski definition) is 1. The molecule has 3 aromatic carbocycles. The molecule has 1 atom stereocenters. The van der Waals surface area contributed by atoms with Crippen molar-refractivity contribution in [2.45, 2.75) is 16.5 Å². The molecular weight excluding hydrogens is 423 g/mol.